The third-order valence-electron chi connectivity index (χ3n) is 3.87. The van der Waals surface area contributed by atoms with Gasteiger partial charge in [0.15, 0.2) is 12.3 Å². The van der Waals surface area contributed by atoms with Gasteiger partial charge in [0.1, 0.15) is 12.3 Å². The lowest BCUT2D eigenvalue weighted by Crippen LogP contribution is -2.45. The molecule has 0 fully saturated rings. The highest BCUT2D eigenvalue weighted by Crippen LogP contribution is 2.33. The first-order valence-corrected chi connectivity index (χ1v) is 7.51. The van der Waals surface area contributed by atoms with Gasteiger partial charge in [-0.15, -0.1) is 0 Å². The number of rotatable bonds is 3. The summed E-state index contributed by atoms with van der Waals surface area (Å²) in [5, 5.41) is 8.96. The van der Waals surface area contributed by atoms with E-state index < -0.39 is 48.1 Å². The van der Waals surface area contributed by atoms with E-state index in [0.29, 0.717) is 4.57 Å². The minimum Gasteiger partial charge on any atom is -0.482 e. The van der Waals surface area contributed by atoms with Gasteiger partial charge in [-0.2, -0.15) is 13.2 Å². The number of fused-ring (bicyclic) bond motifs is 1. The van der Waals surface area contributed by atoms with Crippen LogP contribution in [0.5, 0.6) is 5.75 Å². The van der Waals surface area contributed by atoms with Crippen LogP contribution in [0.2, 0.25) is 0 Å². The van der Waals surface area contributed by atoms with Crippen molar-refractivity contribution >= 4 is 17.6 Å². The summed E-state index contributed by atoms with van der Waals surface area (Å²) in [6.07, 6.45) is -5.03. The summed E-state index contributed by atoms with van der Waals surface area (Å²) >= 11 is 0. The monoisotopic (exact) mass is 400 g/mol. The van der Waals surface area contributed by atoms with Gasteiger partial charge in [-0.1, -0.05) is 0 Å². The largest absolute Gasteiger partial charge is 0.482 e. The number of halogens is 3. The minimum absolute atomic E-state index is 0.0640. The van der Waals surface area contributed by atoms with Crippen LogP contribution < -0.4 is 26.7 Å². The van der Waals surface area contributed by atoms with Gasteiger partial charge in [-0.05, 0) is 18.2 Å². The fraction of sp³-hybridized carbons (Fsp3) is 0.200. The Hall–Kier alpha value is -3.77. The number of nitrogens with zero attached hydrogens (tertiary/aromatic N) is 3. The second kappa shape index (κ2) is 6.44. The molecule has 3 N–H and O–H groups in total. The quantitative estimate of drug-likeness (QED) is 0.666. The number of carboxylic acid groups (broad SMARTS) is 1. The molecule has 0 saturated carbocycles. The first-order valence-electron chi connectivity index (χ1n) is 7.51. The summed E-state index contributed by atoms with van der Waals surface area (Å²) in [5.74, 6) is 3.26. The number of aliphatic carboxylic acids is 1. The van der Waals surface area contributed by atoms with E-state index in [1.54, 1.807) is 0 Å². The number of benzene rings is 1. The first-order chi connectivity index (χ1) is 13.0. The molecule has 1 amide bonds. The number of alkyl halides is 3. The Balaban J connectivity index is 2.20. The van der Waals surface area contributed by atoms with Gasteiger partial charge >= 0.3 is 17.8 Å². The Bertz CT molecular complexity index is 1100. The molecule has 1 aliphatic heterocycles. The van der Waals surface area contributed by atoms with E-state index in [4.69, 9.17) is 15.7 Å². The number of carbonyl (C=O) groups excluding carboxylic acids is 1. The SMILES string of the molecule is Nn1c(C(F)(F)F)cc(=O)n(-c2ccc3c(c2)N(CC(=O)O)C(=O)CO3)c1=O. The van der Waals surface area contributed by atoms with E-state index >= 15 is 0 Å². The van der Waals surface area contributed by atoms with Crippen molar-refractivity contribution in [1.82, 2.24) is 9.24 Å². The highest BCUT2D eigenvalue weighted by Gasteiger charge is 2.36. The van der Waals surface area contributed by atoms with E-state index in [0.717, 1.165) is 11.0 Å². The third-order valence-corrected chi connectivity index (χ3v) is 3.87. The molecule has 0 saturated heterocycles. The van der Waals surface area contributed by atoms with E-state index in [9.17, 15) is 32.3 Å². The topological polar surface area (TPSA) is 137 Å². The van der Waals surface area contributed by atoms with Crippen LogP contribution in [0.15, 0.2) is 33.9 Å². The van der Waals surface area contributed by atoms with Crippen LogP contribution in [0, 0.1) is 0 Å². The average Bonchev–Trinajstić information content (AvgIpc) is 2.59. The Labute approximate surface area is 152 Å². The van der Waals surface area contributed by atoms with Crippen molar-refractivity contribution < 1.29 is 32.6 Å². The van der Waals surface area contributed by atoms with E-state index in [2.05, 4.69) is 0 Å². The number of amides is 1. The van der Waals surface area contributed by atoms with Crippen LogP contribution in [-0.2, 0) is 15.8 Å². The standard InChI is InChI=1S/C15H11F3N4O6/c16-15(17,18)10-4-11(23)21(14(27)22(10)19)7-1-2-9-8(3-7)20(5-13(25)26)12(24)6-28-9/h1-4H,5-6,19H2,(H,25,26). The lowest BCUT2D eigenvalue weighted by Gasteiger charge is -2.28. The fourth-order valence-corrected chi connectivity index (χ4v) is 2.65. The first kappa shape index (κ1) is 19.0. The molecule has 1 aromatic carbocycles. The zero-order valence-corrected chi connectivity index (χ0v) is 13.8. The Morgan fingerprint density at radius 3 is 2.50 bits per heavy atom. The molecule has 0 aliphatic carbocycles. The summed E-state index contributed by atoms with van der Waals surface area (Å²) in [5.41, 5.74) is -4.72. The van der Waals surface area contributed by atoms with Crippen molar-refractivity contribution in [3.8, 4) is 11.4 Å². The smallest absolute Gasteiger partial charge is 0.433 e. The molecule has 10 nitrogen and oxygen atoms in total. The van der Waals surface area contributed by atoms with E-state index in [1.807, 2.05) is 0 Å². The van der Waals surface area contributed by atoms with Gasteiger partial charge in [0, 0.05) is 6.07 Å². The molecule has 13 heteroatoms. The number of hydrogen-bond acceptors (Lipinski definition) is 6. The lowest BCUT2D eigenvalue weighted by molar-refractivity contribution is -0.143. The molecule has 0 radical (unpaired) electrons. The number of anilines is 1. The number of hydrogen-bond donors (Lipinski definition) is 2. The normalized spacial score (nSPS) is 13.8. The number of nitrogen functional groups attached to an aromatic ring is 1. The van der Waals surface area contributed by atoms with Crippen LogP contribution in [0.25, 0.3) is 5.69 Å². The molecule has 1 aromatic heterocycles. The van der Waals surface area contributed by atoms with Crippen molar-refractivity contribution in [2.45, 2.75) is 6.18 Å². The highest BCUT2D eigenvalue weighted by atomic mass is 19.4. The Morgan fingerprint density at radius 1 is 1.21 bits per heavy atom. The third kappa shape index (κ3) is 3.17. The molecule has 2 aromatic rings. The zero-order valence-electron chi connectivity index (χ0n) is 13.8. The van der Waals surface area contributed by atoms with E-state index in [1.165, 1.54) is 12.1 Å². The van der Waals surface area contributed by atoms with Gasteiger partial charge in [-0.3, -0.25) is 19.3 Å². The number of ether oxygens (including phenoxy) is 1. The molecule has 0 spiro atoms. The predicted molar refractivity (Wildman–Crippen MR) is 86.9 cm³/mol. The molecule has 28 heavy (non-hydrogen) atoms. The van der Waals surface area contributed by atoms with E-state index in [-0.39, 0.29) is 27.9 Å². The molecule has 2 heterocycles. The van der Waals surface area contributed by atoms with Crippen LogP contribution in [0.4, 0.5) is 18.9 Å². The maximum absolute atomic E-state index is 12.9. The predicted octanol–water partition coefficient (Wildman–Crippen LogP) is -0.458. The molecule has 0 unspecified atom stereocenters. The number of aromatic nitrogens is 2. The van der Waals surface area contributed by atoms with Gasteiger partial charge in [0.05, 0.1) is 11.4 Å². The van der Waals surface area contributed by atoms with Crippen molar-refractivity contribution in [3.63, 3.8) is 0 Å². The Morgan fingerprint density at radius 2 is 1.89 bits per heavy atom. The summed E-state index contributed by atoms with van der Waals surface area (Å²) in [6, 6.07) is 3.66. The fourth-order valence-electron chi connectivity index (χ4n) is 2.65. The summed E-state index contributed by atoms with van der Waals surface area (Å²) in [4.78, 5) is 48.2. The number of carboxylic acids is 1. The Kier molecular flexibility index (Phi) is 4.37. The molecule has 0 atom stereocenters. The van der Waals surface area contributed by atoms with Crippen molar-refractivity contribution in [2.75, 3.05) is 23.9 Å². The molecule has 3 rings (SSSR count). The van der Waals surface area contributed by atoms with Crippen LogP contribution in [0.3, 0.4) is 0 Å². The summed E-state index contributed by atoms with van der Waals surface area (Å²) in [6.45, 7) is -1.14. The maximum Gasteiger partial charge on any atom is 0.433 e. The average molecular weight is 400 g/mol. The summed E-state index contributed by atoms with van der Waals surface area (Å²) < 4.78 is 43.9. The molecular weight excluding hydrogens is 389 g/mol. The lowest BCUT2D eigenvalue weighted by atomic mass is 10.2. The zero-order chi connectivity index (χ0) is 20.8. The maximum atomic E-state index is 12.9. The van der Waals surface area contributed by atoms with Crippen molar-refractivity contribution in [1.29, 1.82) is 0 Å². The number of carbonyl (C=O) groups is 2. The van der Waals surface area contributed by atoms with Gasteiger partial charge in [0.25, 0.3) is 11.5 Å². The second-order valence-electron chi connectivity index (χ2n) is 5.67. The summed E-state index contributed by atoms with van der Waals surface area (Å²) in [7, 11) is 0. The van der Waals surface area contributed by atoms with Crippen LogP contribution in [-0.4, -0.2) is 39.4 Å². The van der Waals surface area contributed by atoms with Crippen molar-refractivity contribution in [2.24, 2.45) is 0 Å². The minimum atomic E-state index is -5.03. The van der Waals surface area contributed by atoms with Gasteiger partial charge in [-0.25, -0.2) is 14.0 Å². The molecule has 1 aliphatic rings. The molecule has 0 bridgehead atoms. The van der Waals surface area contributed by atoms with Gasteiger partial charge < -0.3 is 15.7 Å². The second-order valence-corrected chi connectivity index (χ2v) is 5.67. The van der Waals surface area contributed by atoms with Gasteiger partial charge in [0.2, 0.25) is 0 Å². The number of nitrogens with two attached hydrogens (primary N) is 1. The van der Waals surface area contributed by atoms with Crippen molar-refractivity contribution in [3.05, 3.63) is 50.8 Å². The highest BCUT2D eigenvalue weighted by molar-refractivity contribution is 6.01. The molecular formula is C15H11F3N4O6. The van der Waals surface area contributed by atoms with Crippen LogP contribution >= 0.6 is 0 Å². The molecule has 148 valence electrons. The van der Waals surface area contributed by atoms with Crippen LogP contribution in [0.1, 0.15) is 5.69 Å².